The van der Waals surface area contributed by atoms with Gasteiger partial charge in [-0.15, -0.1) is 0 Å². The molecular weight excluding hydrogens is 324 g/mol. The molecule has 0 atom stereocenters. The molecule has 0 aromatic carbocycles. The van der Waals surface area contributed by atoms with E-state index in [9.17, 15) is 8.42 Å². The molecule has 1 fully saturated rings. The van der Waals surface area contributed by atoms with Gasteiger partial charge in [0.2, 0.25) is 0 Å². The molecule has 0 spiro atoms. The molecule has 3 aromatic rings. The molecule has 1 saturated carbocycles. The summed E-state index contributed by atoms with van der Waals surface area (Å²) in [4.78, 5) is 16.3. The molecule has 6 nitrogen and oxygen atoms in total. The lowest BCUT2D eigenvalue weighted by Crippen LogP contribution is -1.98. The van der Waals surface area contributed by atoms with Crippen molar-refractivity contribution in [2.45, 2.75) is 23.7 Å². The molecule has 7 heteroatoms. The zero-order valence-electron chi connectivity index (χ0n) is 13.1. The summed E-state index contributed by atoms with van der Waals surface area (Å²) in [6, 6.07) is 5.34. The second-order valence-electron chi connectivity index (χ2n) is 6.07. The summed E-state index contributed by atoms with van der Waals surface area (Å²) < 4.78 is 23.4. The topological polar surface area (TPSA) is 88.6 Å². The van der Waals surface area contributed by atoms with E-state index in [0.29, 0.717) is 5.92 Å². The third kappa shape index (κ3) is 2.94. The number of rotatable bonds is 4. The first kappa shape index (κ1) is 15.0. The van der Waals surface area contributed by atoms with Crippen molar-refractivity contribution in [1.29, 1.82) is 0 Å². The van der Waals surface area contributed by atoms with Gasteiger partial charge >= 0.3 is 0 Å². The molecule has 4 rings (SSSR count). The lowest BCUT2D eigenvalue weighted by Gasteiger charge is -2.05. The van der Waals surface area contributed by atoms with Gasteiger partial charge < -0.3 is 4.98 Å². The molecule has 0 aliphatic heterocycles. The molecular formula is C17H16N4O2S. The van der Waals surface area contributed by atoms with Gasteiger partial charge in [0.05, 0.1) is 4.90 Å². The fourth-order valence-corrected chi connectivity index (χ4v) is 3.18. The van der Waals surface area contributed by atoms with Crippen LogP contribution in [-0.4, -0.2) is 34.6 Å². The van der Waals surface area contributed by atoms with E-state index < -0.39 is 9.84 Å². The van der Waals surface area contributed by atoms with Crippen molar-refractivity contribution in [2.75, 3.05) is 6.26 Å². The Morgan fingerprint density at radius 3 is 2.67 bits per heavy atom. The van der Waals surface area contributed by atoms with E-state index in [1.807, 2.05) is 18.3 Å². The molecule has 1 aliphatic carbocycles. The van der Waals surface area contributed by atoms with Crippen LogP contribution >= 0.6 is 0 Å². The van der Waals surface area contributed by atoms with Gasteiger partial charge in [0.15, 0.2) is 15.7 Å². The quantitative estimate of drug-likeness (QED) is 0.789. The Labute approximate surface area is 139 Å². The monoisotopic (exact) mass is 340 g/mol. The number of imidazole rings is 1. The molecule has 0 radical (unpaired) electrons. The number of aromatic amines is 1. The van der Waals surface area contributed by atoms with Crippen LogP contribution in [0.3, 0.4) is 0 Å². The number of aromatic nitrogens is 4. The van der Waals surface area contributed by atoms with Gasteiger partial charge in [-0.1, -0.05) is 0 Å². The van der Waals surface area contributed by atoms with Gasteiger partial charge in [0, 0.05) is 48.2 Å². The first-order valence-corrected chi connectivity index (χ1v) is 9.57. The molecule has 3 heterocycles. The van der Waals surface area contributed by atoms with E-state index in [4.69, 9.17) is 0 Å². The molecule has 0 amide bonds. The number of nitrogens with one attached hydrogen (secondary N) is 1. The zero-order chi connectivity index (χ0) is 16.7. The minimum Gasteiger partial charge on any atom is -0.340 e. The minimum absolute atomic E-state index is 0.201. The highest BCUT2D eigenvalue weighted by molar-refractivity contribution is 7.90. The molecule has 122 valence electrons. The number of hydrogen-bond donors (Lipinski definition) is 1. The van der Waals surface area contributed by atoms with Gasteiger partial charge in [0.25, 0.3) is 0 Å². The SMILES string of the molecule is CS(=O)(=O)c1cncc(-c2ccnc(-c3ncc(C4CC4)[nH]3)c2)c1. The fraction of sp³-hybridized carbons (Fsp3) is 0.235. The van der Waals surface area contributed by atoms with Crippen molar-refractivity contribution >= 4 is 9.84 Å². The van der Waals surface area contributed by atoms with Crippen LogP contribution in [0, 0.1) is 0 Å². The Morgan fingerprint density at radius 2 is 1.92 bits per heavy atom. The molecule has 0 saturated heterocycles. The summed E-state index contributed by atoms with van der Waals surface area (Å²) in [5, 5.41) is 0. The Kier molecular flexibility index (Phi) is 3.45. The number of nitrogens with zero attached hydrogens (tertiary/aromatic N) is 3. The van der Waals surface area contributed by atoms with E-state index in [1.54, 1.807) is 18.5 Å². The largest absolute Gasteiger partial charge is 0.340 e. The summed E-state index contributed by atoms with van der Waals surface area (Å²) >= 11 is 0. The number of sulfone groups is 1. The van der Waals surface area contributed by atoms with Crippen molar-refractivity contribution in [2.24, 2.45) is 0 Å². The van der Waals surface area contributed by atoms with Crippen LogP contribution in [0.15, 0.2) is 47.9 Å². The van der Waals surface area contributed by atoms with Crippen LogP contribution in [0.25, 0.3) is 22.6 Å². The summed E-state index contributed by atoms with van der Waals surface area (Å²) in [6.07, 6.45) is 10.2. The maximum absolute atomic E-state index is 11.7. The zero-order valence-corrected chi connectivity index (χ0v) is 13.9. The van der Waals surface area contributed by atoms with Crippen LogP contribution < -0.4 is 0 Å². The lowest BCUT2D eigenvalue weighted by atomic mass is 10.1. The van der Waals surface area contributed by atoms with E-state index in [2.05, 4.69) is 19.9 Å². The molecule has 1 N–H and O–H groups in total. The predicted octanol–water partition coefficient (Wildman–Crippen LogP) is 2.81. The van der Waals surface area contributed by atoms with E-state index in [1.165, 1.54) is 25.3 Å². The van der Waals surface area contributed by atoms with E-state index in [0.717, 1.165) is 28.3 Å². The Morgan fingerprint density at radius 1 is 1.08 bits per heavy atom. The summed E-state index contributed by atoms with van der Waals surface area (Å²) in [6.45, 7) is 0. The standard InChI is InChI=1S/C17H16N4O2S/c1-24(22,23)14-6-13(8-18-9-14)12-4-5-19-15(7-12)17-20-10-16(21-17)11-2-3-11/h4-11H,2-3H2,1H3,(H,20,21). The van der Waals surface area contributed by atoms with Gasteiger partial charge in [-0.25, -0.2) is 13.4 Å². The van der Waals surface area contributed by atoms with Crippen LogP contribution in [-0.2, 0) is 9.84 Å². The van der Waals surface area contributed by atoms with Crippen molar-refractivity contribution in [3.8, 4) is 22.6 Å². The second-order valence-corrected chi connectivity index (χ2v) is 8.09. The minimum atomic E-state index is -3.29. The average molecular weight is 340 g/mol. The third-order valence-electron chi connectivity index (χ3n) is 4.09. The molecule has 1 aliphatic rings. The summed E-state index contributed by atoms with van der Waals surface area (Å²) in [5.74, 6) is 1.33. The van der Waals surface area contributed by atoms with E-state index in [-0.39, 0.29) is 4.90 Å². The van der Waals surface area contributed by atoms with Crippen LogP contribution in [0.1, 0.15) is 24.5 Å². The van der Waals surface area contributed by atoms with Crippen molar-refractivity contribution in [3.63, 3.8) is 0 Å². The second kappa shape index (κ2) is 5.52. The van der Waals surface area contributed by atoms with Crippen LogP contribution in [0.5, 0.6) is 0 Å². The number of pyridine rings is 2. The highest BCUT2D eigenvalue weighted by Crippen LogP contribution is 2.39. The van der Waals surface area contributed by atoms with Crippen molar-refractivity contribution in [1.82, 2.24) is 19.9 Å². The average Bonchev–Trinajstić information content (AvgIpc) is 3.31. The molecule has 24 heavy (non-hydrogen) atoms. The smallest absolute Gasteiger partial charge is 0.177 e. The molecule has 3 aromatic heterocycles. The Hall–Kier alpha value is -2.54. The highest BCUT2D eigenvalue weighted by Gasteiger charge is 2.25. The number of hydrogen-bond acceptors (Lipinski definition) is 5. The normalized spacial score (nSPS) is 14.7. The van der Waals surface area contributed by atoms with Gasteiger partial charge in [0.1, 0.15) is 5.69 Å². The first-order valence-electron chi connectivity index (χ1n) is 7.67. The fourth-order valence-electron chi connectivity index (χ4n) is 2.59. The van der Waals surface area contributed by atoms with Crippen molar-refractivity contribution in [3.05, 3.63) is 48.7 Å². The van der Waals surface area contributed by atoms with E-state index >= 15 is 0 Å². The van der Waals surface area contributed by atoms with Crippen molar-refractivity contribution < 1.29 is 8.42 Å². The molecule has 0 unspecified atom stereocenters. The molecule has 0 bridgehead atoms. The highest BCUT2D eigenvalue weighted by atomic mass is 32.2. The van der Waals surface area contributed by atoms with Gasteiger partial charge in [-0.05, 0) is 36.6 Å². The maximum atomic E-state index is 11.7. The first-order chi connectivity index (χ1) is 11.5. The summed E-state index contributed by atoms with van der Waals surface area (Å²) in [5.41, 5.74) is 3.46. The van der Waals surface area contributed by atoms with Crippen LogP contribution in [0.2, 0.25) is 0 Å². The Bertz CT molecular complexity index is 1010. The lowest BCUT2D eigenvalue weighted by molar-refractivity contribution is 0.601. The van der Waals surface area contributed by atoms with Gasteiger partial charge in [-0.3, -0.25) is 9.97 Å². The third-order valence-corrected chi connectivity index (χ3v) is 5.17. The van der Waals surface area contributed by atoms with Gasteiger partial charge in [-0.2, -0.15) is 0 Å². The number of H-pyrrole nitrogens is 1. The maximum Gasteiger partial charge on any atom is 0.177 e. The summed E-state index contributed by atoms with van der Waals surface area (Å²) in [7, 11) is -3.29. The van der Waals surface area contributed by atoms with Crippen LogP contribution in [0.4, 0.5) is 0 Å². The predicted molar refractivity (Wildman–Crippen MR) is 90.1 cm³/mol. The Balaban J connectivity index is 1.72.